The second-order valence-electron chi connectivity index (χ2n) is 4.61. The molecule has 0 aliphatic rings. The quantitative estimate of drug-likeness (QED) is 0.761. The Hall–Kier alpha value is -0.860. The van der Waals surface area contributed by atoms with Gasteiger partial charge in [-0.15, -0.1) is 0 Å². The summed E-state index contributed by atoms with van der Waals surface area (Å²) in [5.41, 5.74) is 2.17. The maximum atomic E-state index is 5.63. The molecule has 0 N–H and O–H groups in total. The summed E-state index contributed by atoms with van der Waals surface area (Å²) in [6.07, 6.45) is 0. The molecule has 0 heterocycles. The molecule has 2 nitrogen and oxygen atoms in total. The van der Waals surface area contributed by atoms with E-state index in [0.29, 0.717) is 12.5 Å². The van der Waals surface area contributed by atoms with Crippen LogP contribution in [0.1, 0.15) is 37.8 Å². The third kappa shape index (κ3) is 2.63. The number of hydrogen-bond donors (Lipinski definition) is 0. The van der Waals surface area contributed by atoms with E-state index >= 15 is 0 Å². The van der Waals surface area contributed by atoms with Crippen molar-refractivity contribution in [2.45, 2.75) is 32.3 Å². The lowest BCUT2D eigenvalue weighted by atomic mass is 9.87. The van der Waals surface area contributed by atoms with E-state index < -0.39 is 0 Å². The second kappa shape index (κ2) is 5.46. The zero-order chi connectivity index (χ0) is 12.2. The van der Waals surface area contributed by atoms with Gasteiger partial charge in [-0.3, -0.25) is 0 Å². The summed E-state index contributed by atoms with van der Waals surface area (Å²) in [7, 11) is 3.44. The molecular formula is C14H22O2. The summed E-state index contributed by atoms with van der Waals surface area (Å²) in [6.45, 7) is 7.02. The molecule has 0 spiro atoms. The first kappa shape index (κ1) is 13.2. The van der Waals surface area contributed by atoms with Crippen LogP contribution in [0.4, 0.5) is 0 Å². The minimum absolute atomic E-state index is 0.365. The molecule has 1 aromatic rings. The summed E-state index contributed by atoms with van der Waals surface area (Å²) >= 11 is 0. The van der Waals surface area contributed by atoms with Crippen LogP contribution in [0, 0.1) is 0 Å². The van der Waals surface area contributed by atoms with Gasteiger partial charge in [0.25, 0.3) is 0 Å². The van der Waals surface area contributed by atoms with Crippen LogP contribution in [0.3, 0.4) is 0 Å². The monoisotopic (exact) mass is 222 g/mol. The molecule has 16 heavy (non-hydrogen) atoms. The molecule has 0 bridgehead atoms. The molecule has 0 aliphatic carbocycles. The highest BCUT2D eigenvalue weighted by molar-refractivity contribution is 5.34. The largest absolute Gasteiger partial charge is 0.381 e. The Kier molecular flexibility index (Phi) is 4.51. The highest BCUT2D eigenvalue weighted by Crippen LogP contribution is 2.31. The van der Waals surface area contributed by atoms with Crippen molar-refractivity contribution in [3.05, 3.63) is 35.4 Å². The average molecular weight is 222 g/mol. The maximum absolute atomic E-state index is 5.63. The number of ether oxygens (including phenoxy) is 2. The third-order valence-corrected chi connectivity index (χ3v) is 3.02. The van der Waals surface area contributed by atoms with Gasteiger partial charge in [0.1, 0.15) is 5.60 Å². The molecule has 90 valence electrons. The Bertz CT molecular complexity index is 333. The van der Waals surface area contributed by atoms with Gasteiger partial charge in [0.15, 0.2) is 0 Å². The number of rotatable bonds is 5. The molecule has 0 radical (unpaired) electrons. The minimum Gasteiger partial charge on any atom is -0.381 e. The van der Waals surface area contributed by atoms with Crippen LogP contribution in [0.15, 0.2) is 24.3 Å². The van der Waals surface area contributed by atoms with E-state index in [1.807, 2.05) is 6.07 Å². The Labute approximate surface area is 98.6 Å². The van der Waals surface area contributed by atoms with Gasteiger partial charge < -0.3 is 9.47 Å². The fourth-order valence-corrected chi connectivity index (χ4v) is 2.00. The van der Waals surface area contributed by atoms with Crippen LogP contribution in [-0.4, -0.2) is 20.8 Å². The molecule has 2 heteroatoms. The summed E-state index contributed by atoms with van der Waals surface area (Å²) < 4.78 is 10.9. The lowest BCUT2D eigenvalue weighted by Crippen LogP contribution is -2.31. The number of benzene rings is 1. The summed E-state index contributed by atoms with van der Waals surface area (Å²) in [4.78, 5) is 0. The predicted octanol–water partition coefficient (Wildman–Crippen LogP) is 3.32. The number of methoxy groups -OCH3 is 2. The van der Waals surface area contributed by atoms with Crippen LogP contribution in [0.2, 0.25) is 0 Å². The highest BCUT2D eigenvalue weighted by atomic mass is 16.5. The zero-order valence-corrected chi connectivity index (χ0v) is 10.9. The van der Waals surface area contributed by atoms with Gasteiger partial charge in [-0.1, -0.05) is 38.1 Å². The lowest BCUT2D eigenvalue weighted by molar-refractivity contribution is -0.0562. The van der Waals surface area contributed by atoms with E-state index in [0.717, 1.165) is 0 Å². The van der Waals surface area contributed by atoms with Gasteiger partial charge in [0, 0.05) is 14.2 Å². The van der Waals surface area contributed by atoms with Gasteiger partial charge in [-0.2, -0.15) is 0 Å². The second-order valence-corrected chi connectivity index (χ2v) is 4.61. The Morgan fingerprint density at radius 2 is 1.81 bits per heavy atom. The van der Waals surface area contributed by atoms with Crippen molar-refractivity contribution in [2.24, 2.45) is 0 Å². The SMILES string of the molecule is COCC(C)(OC)c1ccccc1C(C)C. The first-order valence-corrected chi connectivity index (χ1v) is 5.68. The maximum Gasteiger partial charge on any atom is 0.113 e. The van der Waals surface area contributed by atoms with Crippen LogP contribution in [0.25, 0.3) is 0 Å². The van der Waals surface area contributed by atoms with Crippen molar-refractivity contribution in [3.8, 4) is 0 Å². The fraction of sp³-hybridized carbons (Fsp3) is 0.571. The number of hydrogen-bond acceptors (Lipinski definition) is 2. The molecule has 1 unspecified atom stereocenters. The first-order valence-electron chi connectivity index (χ1n) is 5.68. The molecule has 0 fully saturated rings. The van der Waals surface area contributed by atoms with Gasteiger partial charge in [0.05, 0.1) is 6.61 Å². The van der Waals surface area contributed by atoms with Gasteiger partial charge in [0.2, 0.25) is 0 Å². The molecule has 1 rings (SSSR count). The average Bonchev–Trinajstić information content (AvgIpc) is 2.29. The fourth-order valence-electron chi connectivity index (χ4n) is 2.00. The van der Waals surface area contributed by atoms with Crippen LogP contribution < -0.4 is 0 Å². The molecule has 1 atom stereocenters. The smallest absolute Gasteiger partial charge is 0.113 e. The van der Waals surface area contributed by atoms with E-state index in [4.69, 9.17) is 9.47 Å². The first-order chi connectivity index (χ1) is 7.55. The predicted molar refractivity (Wildman–Crippen MR) is 66.8 cm³/mol. The summed E-state index contributed by atoms with van der Waals surface area (Å²) in [5.74, 6) is 0.488. The highest BCUT2D eigenvalue weighted by Gasteiger charge is 2.29. The normalized spacial score (nSPS) is 15.1. The standard InChI is InChI=1S/C14H22O2/c1-11(2)12-8-6-7-9-13(12)14(3,16-5)10-15-4/h6-9,11H,10H2,1-5H3. The van der Waals surface area contributed by atoms with E-state index in [2.05, 4.69) is 39.0 Å². The van der Waals surface area contributed by atoms with E-state index in [9.17, 15) is 0 Å². The van der Waals surface area contributed by atoms with Crippen molar-refractivity contribution in [2.75, 3.05) is 20.8 Å². The van der Waals surface area contributed by atoms with Crippen LogP contribution in [-0.2, 0) is 15.1 Å². The van der Waals surface area contributed by atoms with Gasteiger partial charge in [-0.05, 0) is 24.0 Å². The molecule has 0 aromatic heterocycles. The van der Waals surface area contributed by atoms with Crippen molar-refractivity contribution in [3.63, 3.8) is 0 Å². The molecule has 1 aromatic carbocycles. The van der Waals surface area contributed by atoms with E-state index in [1.54, 1.807) is 14.2 Å². The summed E-state index contributed by atoms with van der Waals surface area (Å²) in [5, 5.41) is 0. The molecular weight excluding hydrogens is 200 g/mol. The van der Waals surface area contributed by atoms with Gasteiger partial charge >= 0.3 is 0 Å². The molecule has 0 saturated heterocycles. The zero-order valence-electron chi connectivity index (χ0n) is 10.9. The van der Waals surface area contributed by atoms with Crippen molar-refractivity contribution in [1.29, 1.82) is 0 Å². The third-order valence-electron chi connectivity index (χ3n) is 3.02. The lowest BCUT2D eigenvalue weighted by Gasteiger charge is -2.31. The van der Waals surface area contributed by atoms with E-state index in [1.165, 1.54) is 11.1 Å². The Morgan fingerprint density at radius 1 is 1.19 bits per heavy atom. The summed E-state index contributed by atoms with van der Waals surface area (Å²) in [6, 6.07) is 8.40. The Balaban J connectivity index is 3.18. The van der Waals surface area contributed by atoms with Crippen molar-refractivity contribution < 1.29 is 9.47 Å². The minimum atomic E-state index is -0.365. The topological polar surface area (TPSA) is 18.5 Å². The van der Waals surface area contributed by atoms with Gasteiger partial charge in [-0.25, -0.2) is 0 Å². The van der Waals surface area contributed by atoms with Crippen LogP contribution in [0.5, 0.6) is 0 Å². The Morgan fingerprint density at radius 3 is 2.31 bits per heavy atom. The molecule has 0 amide bonds. The van der Waals surface area contributed by atoms with Crippen LogP contribution >= 0.6 is 0 Å². The van der Waals surface area contributed by atoms with Crippen molar-refractivity contribution >= 4 is 0 Å². The molecule has 0 saturated carbocycles. The van der Waals surface area contributed by atoms with Crippen molar-refractivity contribution in [1.82, 2.24) is 0 Å². The molecule has 0 aliphatic heterocycles. The van der Waals surface area contributed by atoms with E-state index in [-0.39, 0.29) is 5.60 Å².